The van der Waals surface area contributed by atoms with Crippen molar-refractivity contribution in [1.29, 1.82) is 0 Å². The van der Waals surface area contributed by atoms with Crippen molar-refractivity contribution < 1.29 is 9.90 Å². The molecule has 0 aliphatic heterocycles. The van der Waals surface area contributed by atoms with E-state index in [4.69, 9.17) is 0 Å². The summed E-state index contributed by atoms with van der Waals surface area (Å²) in [6.45, 7) is 4.00. The van der Waals surface area contributed by atoms with Crippen LogP contribution in [0.15, 0.2) is 30.3 Å². The molecule has 0 saturated carbocycles. The topological polar surface area (TPSA) is 75.1 Å². The summed E-state index contributed by atoms with van der Waals surface area (Å²) >= 11 is 1.40. The van der Waals surface area contributed by atoms with Crippen molar-refractivity contribution in [2.75, 3.05) is 5.32 Å². The SMILES string of the molecule is CC(C)C[C@@H](Nc1nnc(Cc2ccccc2)s1)C(=O)O. The van der Waals surface area contributed by atoms with Crippen molar-refractivity contribution >= 4 is 22.4 Å². The molecule has 1 atom stereocenters. The molecule has 2 rings (SSSR count). The molecule has 21 heavy (non-hydrogen) atoms. The molecule has 112 valence electrons. The molecule has 0 aliphatic carbocycles. The molecule has 1 aromatic carbocycles. The Labute approximate surface area is 128 Å². The number of carbonyl (C=O) groups is 1. The monoisotopic (exact) mass is 305 g/mol. The minimum absolute atomic E-state index is 0.301. The molecule has 6 heteroatoms. The van der Waals surface area contributed by atoms with E-state index in [2.05, 4.69) is 15.5 Å². The number of aromatic nitrogens is 2. The molecule has 1 aromatic heterocycles. The second-order valence-electron chi connectivity index (χ2n) is 5.33. The predicted octanol–water partition coefficient (Wildman–Crippen LogP) is 3.04. The Hall–Kier alpha value is -1.95. The largest absolute Gasteiger partial charge is 0.480 e. The number of rotatable bonds is 7. The summed E-state index contributed by atoms with van der Waals surface area (Å²) in [6, 6.07) is 9.39. The summed E-state index contributed by atoms with van der Waals surface area (Å²) in [5.74, 6) is -0.557. The van der Waals surface area contributed by atoms with Gasteiger partial charge in [-0.2, -0.15) is 0 Å². The highest BCUT2D eigenvalue weighted by Gasteiger charge is 2.20. The van der Waals surface area contributed by atoms with Gasteiger partial charge in [-0.25, -0.2) is 4.79 Å². The number of carboxylic acid groups (broad SMARTS) is 1. The number of aliphatic carboxylic acids is 1. The number of carboxylic acids is 1. The first-order chi connectivity index (χ1) is 10.0. The highest BCUT2D eigenvalue weighted by Crippen LogP contribution is 2.20. The lowest BCUT2D eigenvalue weighted by atomic mass is 10.0. The average Bonchev–Trinajstić information content (AvgIpc) is 2.86. The maximum atomic E-state index is 11.2. The molecule has 5 nitrogen and oxygen atoms in total. The normalized spacial score (nSPS) is 12.3. The second kappa shape index (κ2) is 7.17. The Bertz CT molecular complexity index is 584. The predicted molar refractivity (Wildman–Crippen MR) is 83.7 cm³/mol. The molecule has 2 N–H and O–H groups in total. The van der Waals surface area contributed by atoms with Crippen LogP contribution in [-0.2, 0) is 11.2 Å². The van der Waals surface area contributed by atoms with Crippen LogP contribution in [-0.4, -0.2) is 27.3 Å². The minimum atomic E-state index is -0.858. The van der Waals surface area contributed by atoms with Gasteiger partial charge >= 0.3 is 5.97 Å². The lowest BCUT2D eigenvalue weighted by Gasteiger charge is -2.14. The molecule has 0 aliphatic rings. The highest BCUT2D eigenvalue weighted by molar-refractivity contribution is 7.15. The van der Waals surface area contributed by atoms with Gasteiger partial charge in [-0.3, -0.25) is 0 Å². The summed E-state index contributed by atoms with van der Waals surface area (Å²) < 4.78 is 0. The van der Waals surface area contributed by atoms with E-state index in [1.165, 1.54) is 11.3 Å². The molecule has 0 bridgehead atoms. The van der Waals surface area contributed by atoms with Crippen LogP contribution in [0.5, 0.6) is 0 Å². The van der Waals surface area contributed by atoms with Crippen LogP contribution >= 0.6 is 11.3 Å². The van der Waals surface area contributed by atoms with Crippen LogP contribution in [0.25, 0.3) is 0 Å². The van der Waals surface area contributed by atoms with Crippen LogP contribution in [0, 0.1) is 5.92 Å². The summed E-state index contributed by atoms with van der Waals surface area (Å²) in [6.07, 6.45) is 1.27. The van der Waals surface area contributed by atoms with E-state index in [1.807, 2.05) is 44.2 Å². The average molecular weight is 305 g/mol. The minimum Gasteiger partial charge on any atom is -0.480 e. The van der Waals surface area contributed by atoms with Crippen molar-refractivity contribution in [3.05, 3.63) is 40.9 Å². The first-order valence-electron chi connectivity index (χ1n) is 6.90. The van der Waals surface area contributed by atoms with Crippen LogP contribution in [0.2, 0.25) is 0 Å². The number of hydrogen-bond acceptors (Lipinski definition) is 5. The van der Waals surface area contributed by atoms with Crippen LogP contribution in [0.4, 0.5) is 5.13 Å². The van der Waals surface area contributed by atoms with Crippen LogP contribution < -0.4 is 5.32 Å². The first kappa shape index (κ1) is 15.4. The van der Waals surface area contributed by atoms with Gasteiger partial charge in [0, 0.05) is 6.42 Å². The summed E-state index contributed by atoms with van der Waals surface area (Å²) in [7, 11) is 0. The molecule has 0 fully saturated rings. The van der Waals surface area contributed by atoms with Gasteiger partial charge in [0.1, 0.15) is 11.0 Å². The first-order valence-corrected chi connectivity index (χ1v) is 7.72. The van der Waals surface area contributed by atoms with Crippen molar-refractivity contribution in [2.24, 2.45) is 5.92 Å². The standard InChI is InChI=1S/C15H19N3O2S/c1-10(2)8-12(14(19)20)16-15-18-17-13(21-15)9-11-6-4-3-5-7-11/h3-7,10,12H,8-9H2,1-2H3,(H,16,18)(H,19,20)/t12-/m1/s1. The maximum absolute atomic E-state index is 11.2. The number of hydrogen-bond donors (Lipinski definition) is 2. The van der Waals surface area contributed by atoms with Crippen molar-refractivity contribution in [2.45, 2.75) is 32.7 Å². The van der Waals surface area contributed by atoms with Crippen molar-refractivity contribution in [3.63, 3.8) is 0 Å². The van der Waals surface area contributed by atoms with Gasteiger partial charge < -0.3 is 10.4 Å². The van der Waals surface area contributed by atoms with E-state index in [1.54, 1.807) is 0 Å². The van der Waals surface area contributed by atoms with Gasteiger partial charge in [0.05, 0.1) is 0 Å². The van der Waals surface area contributed by atoms with Gasteiger partial charge in [-0.05, 0) is 17.9 Å². The molecule has 0 saturated heterocycles. The van der Waals surface area contributed by atoms with E-state index < -0.39 is 12.0 Å². The summed E-state index contributed by atoms with van der Waals surface area (Å²) in [5.41, 5.74) is 1.16. The second-order valence-corrected chi connectivity index (χ2v) is 6.39. The molecular weight excluding hydrogens is 286 g/mol. The fourth-order valence-corrected chi connectivity index (χ4v) is 2.82. The van der Waals surface area contributed by atoms with E-state index >= 15 is 0 Å². The van der Waals surface area contributed by atoms with E-state index in [9.17, 15) is 9.90 Å². The summed E-state index contributed by atoms with van der Waals surface area (Å²) in [5, 5.41) is 21.8. The van der Waals surface area contributed by atoms with E-state index in [-0.39, 0.29) is 0 Å². The quantitative estimate of drug-likeness (QED) is 0.822. The number of anilines is 1. The van der Waals surface area contributed by atoms with E-state index in [0.29, 0.717) is 23.9 Å². The van der Waals surface area contributed by atoms with Crippen molar-refractivity contribution in [1.82, 2.24) is 10.2 Å². The maximum Gasteiger partial charge on any atom is 0.326 e. The lowest BCUT2D eigenvalue weighted by molar-refractivity contribution is -0.138. The van der Waals surface area contributed by atoms with Crippen LogP contribution in [0.1, 0.15) is 30.8 Å². The third kappa shape index (κ3) is 4.82. The molecule has 0 spiro atoms. The highest BCUT2D eigenvalue weighted by atomic mass is 32.1. The zero-order valence-electron chi connectivity index (χ0n) is 12.1. The molecule has 2 aromatic rings. The Morgan fingerprint density at radius 3 is 2.62 bits per heavy atom. The van der Waals surface area contributed by atoms with E-state index in [0.717, 1.165) is 10.6 Å². The fourth-order valence-electron chi connectivity index (χ4n) is 2.00. The Morgan fingerprint density at radius 2 is 2.00 bits per heavy atom. The zero-order valence-corrected chi connectivity index (χ0v) is 12.9. The third-order valence-electron chi connectivity index (χ3n) is 2.97. The van der Waals surface area contributed by atoms with Gasteiger partial charge in [0.25, 0.3) is 0 Å². The lowest BCUT2D eigenvalue weighted by Crippen LogP contribution is -2.30. The van der Waals surface area contributed by atoms with Gasteiger partial charge in [0.2, 0.25) is 5.13 Å². The van der Waals surface area contributed by atoms with Gasteiger partial charge in [-0.15, -0.1) is 10.2 Å². The molecule has 1 heterocycles. The smallest absolute Gasteiger partial charge is 0.326 e. The Morgan fingerprint density at radius 1 is 1.29 bits per heavy atom. The Kier molecular flexibility index (Phi) is 5.27. The number of nitrogens with one attached hydrogen (secondary N) is 1. The summed E-state index contributed by atoms with van der Waals surface area (Å²) in [4.78, 5) is 11.2. The Balaban J connectivity index is 2.00. The van der Waals surface area contributed by atoms with Gasteiger partial charge in [-0.1, -0.05) is 55.5 Å². The fraction of sp³-hybridized carbons (Fsp3) is 0.400. The zero-order chi connectivity index (χ0) is 15.2. The third-order valence-corrected chi connectivity index (χ3v) is 3.82. The molecule has 0 amide bonds. The molecular formula is C15H19N3O2S. The van der Waals surface area contributed by atoms with Gasteiger partial charge in [0.15, 0.2) is 0 Å². The number of nitrogens with zero attached hydrogens (tertiary/aromatic N) is 2. The number of benzene rings is 1. The molecule has 0 unspecified atom stereocenters. The van der Waals surface area contributed by atoms with Crippen LogP contribution in [0.3, 0.4) is 0 Å². The molecule has 0 radical (unpaired) electrons. The van der Waals surface area contributed by atoms with Crippen molar-refractivity contribution in [3.8, 4) is 0 Å².